The second-order valence-electron chi connectivity index (χ2n) is 7.22. The van der Waals surface area contributed by atoms with Crippen molar-refractivity contribution in [2.45, 2.75) is 45.3 Å². The fraction of sp³-hybridized carbons (Fsp3) is 0.600. The third-order valence-electron chi connectivity index (χ3n) is 5.30. The molecule has 0 spiro atoms. The third-order valence-corrected chi connectivity index (χ3v) is 5.30. The first-order valence-corrected chi connectivity index (χ1v) is 9.47. The normalized spacial score (nSPS) is 18.4. The predicted molar refractivity (Wildman–Crippen MR) is 106 cm³/mol. The highest BCUT2D eigenvalue weighted by Gasteiger charge is 2.35. The highest BCUT2D eigenvalue weighted by atomic mass is 16.5. The molecule has 2 N–H and O–H groups in total. The van der Waals surface area contributed by atoms with Crippen molar-refractivity contribution in [2.75, 3.05) is 34.4 Å². The number of benzene rings is 1. The first-order valence-electron chi connectivity index (χ1n) is 9.47. The standard InChI is InChI=1S/C20H31N3O5/c1-6-23(12-19(24)25)16-9-15(10-16)21-20(26)22(3)11-14-8-18(28-5)17(27-4)7-13(14)2/h7-8,15-16H,6,9-12H2,1-5H3,(H,21,26)(H,24,25). The molecule has 156 valence electrons. The van der Waals surface area contributed by atoms with E-state index in [-0.39, 0.29) is 24.7 Å². The van der Waals surface area contributed by atoms with Gasteiger partial charge in [-0.2, -0.15) is 0 Å². The number of amides is 2. The van der Waals surface area contributed by atoms with E-state index < -0.39 is 5.97 Å². The van der Waals surface area contributed by atoms with Gasteiger partial charge < -0.3 is 24.8 Å². The van der Waals surface area contributed by atoms with Crippen molar-refractivity contribution in [2.24, 2.45) is 0 Å². The van der Waals surface area contributed by atoms with Gasteiger partial charge in [-0.15, -0.1) is 0 Å². The number of carboxylic acid groups (broad SMARTS) is 1. The van der Waals surface area contributed by atoms with E-state index >= 15 is 0 Å². The van der Waals surface area contributed by atoms with Crippen molar-refractivity contribution in [1.82, 2.24) is 15.1 Å². The summed E-state index contributed by atoms with van der Waals surface area (Å²) in [5.41, 5.74) is 2.01. The maximum Gasteiger partial charge on any atom is 0.317 e. The van der Waals surface area contributed by atoms with Crippen LogP contribution in [0.4, 0.5) is 4.79 Å². The summed E-state index contributed by atoms with van der Waals surface area (Å²) in [6.45, 7) is 5.11. The fourth-order valence-corrected chi connectivity index (χ4v) is 3.48. The summed E-state index contributed by atoms with van der Waals surface area (Å²) in [6.07, 6.45) is 1.55. The molecule has 0 bridgehead atoms. The number of carbonyl (C=O) groups excluding carboxylic acids is 1. The number of aliphatic carboxylic acids is 1. The highest BCUT2D eigenvalue weighted by molar-refractivity contribution is 5.74. The van der Waals surface area contributed by atoms with Gasteiger partial charge in [-0.3, -0.25) is 9.69 Å². The zero-order valence-electron chi connectivity index (χ0n) is 17.3. The first-order chi connectivity index (χ1) is 13.3. The zero-order valence-corrected chi connectivity index (χ0v) is 17.3. The predicted octanol–water partition coefficient (Wildman–Crippen LogP) is 2.09. The summed E-state index contributed by atoms with van der Waals surface area (Å²) in [5.74, 6) is 0.481. The maximum absolute atomic E-state index is 12.5. The molecule has 1 aliphatic rings. The van der Waals surface area contributed by atoms with Gasteiger partial charge in [-0.25, -0.2) is 4.79 Å². The molecule has 0 atom stereocenters. The van der Waals surface area contributed by atoms with Crippen LogP contribution in [-0.4, -0.2) is 73.3 Å². The number of urea groups is 1. The summed E-state index contributed by atoms with van der Waals surface area (Å²) in [6, 6.07) is 3.94. The Kier molecular flexibility index (Phi) is 7.51. The van der Waals surface area contributed by atoms with Gasteiger partial charge >= 0.3 is 12.0 Å². The Hall–Kier alpha value is -2.48. The topological polar surface area (TPSA) is 91.3 Å². The van der Waals surface area contributed by atoms with Crippen LogP contribution in [-0.2, 0) is 11.3 Å². The van der Waals surface area contributed by atoms with Crippen LogP contribution in [0, 0.1) is 6.92 Å². The second-order valence-corrected chi connectivity index (χ2v) is 7.22. The summed E-state index contributed by atoms with van der Waals surface area (Å²) in [5, 5.41) is 12.0. The van der Waals surface area contributed by atoms with E-state index in [4.69, 9.17) is 14.6 Å². The lowest BCUT2D eigenvalue weighted by molar-refractivity contribution is -0.139. The molecule has 8 heteroatoms. The molecule has 1 aliphatic carbocycles. The number of hydrogen-bond donors (Lipinski definition) is 2. The van der Waals surface area contributed by atoms with Gasteiger partial charge in [-0.05, 0) is 49.6 Å². The van der Waals surface area contributed by atoms with Crippen molar-refractivity contribution >= 4 is 12.0 Å². The van der Waals surface area contributed by atoms with Crippen molar-refractivity contribution in [3.05, 3.63) is 23.3 Å². The monoisotopic (exact) mass is 393 g/mol. The number of hydrogen-bond acceptors (Lipinski definition) is 5. The molecular formula is C20H31N3O5. The summed E-state index contributed by atoms with van der Waals surface area (Å²) < 4.78 is 10.6. The van der Waals surface area contributed by atoms with Crippen LogP contribution >= 0.6 is 0 Å². The van der Waals surface area contributed by atoms with Crippen LogP contribution in [0.3, 0.4) is 0 Å². The molecule has 28 heavy (non-hydrogen) atoms. The Morgan fingerprint density at radius 1 is 1.21 bits per heavy atom. The number of nitrogens with one attached hydrogen (secondary N) is 1. The Labute approximate surface area is 166 Å². The Morgan fingerprint density at radius 3 is 2.36 bits per heavy atom. The minimum Gasteiger partial charge on any atom is -0.493 e. The lowest BCUT2D eigenvalue weighted by Crippen LogP contribution is -2.56. The van der Waals surface area contributed by atoms with Crippen LogP contribution < -0.4 is 14.8 Å². The number of rotatable bonds is 9. The molecular weight excluding hydrogens is 362 g/mol. The Morgan fingerprint density at radius 2 is 1.82 bits per heavy atom. The molecule has 0 aromatic heterocycles. The van der Waals surface area contributed by atoms with E-state index in [1.165, 1.54) is 0 Å². The molecule has 0 saturated heterocycles. The number of methoxy groups -OCH3 is 2. The van der Waals surface area contributed by atoms with Crippen LogP contribution in [0.2, 0.25) is 0 Å². The summed E-state index contributed by atoms with van der Waals surface area (Å²) in [4.78, 5) is 27.0. The number of aryl methyl sites for hydroxylation is 1. The quantitative estimate of drug-likeness (QED) is 0.668. The van der Waals surface area contributed by atoms with Crippen molar-refractivity contribution in [3.8, 4) is 11.5 Å². The molecule has 1 fully saturated rings. The van der Waals surface area contributed by atoms with Gasteiger partial charge in [0.25, 0.3) is 0 Å². The molecule has 0 heterocycles. The van der Waals surface area contributed by atoms with Crippen molar-refractivity contribution < 1.29 is 24.2 Å². The maximum atomic E-state index is 12.5. The molecule has 0 aliphatic heterocycles. The lowest BCUT2D eigenvalue weighted by Gasteiger charge is -2.42. The van der Waals surface area contributed by atoms with Gasteiger partial charge in [0.05, 0.1) is 20.8 Å². The molecule has 0 radical (unpaired) electrons. The van der Waals surface area contributed by atoms with E-state index in [0.29, 0.717) is 24.6 Å². The zero-order chi connectivity index (χ0) is 20.8. The van der Waals surface area contributed by atoms with E-state index in [2.05, 4.69) is 5.32 Å². The molecule has 1 aromatic carbocycles. The van der Waals surface area contributed by atoms with Crippen LogP contribution in [0.1, 0.15) is 30.9 Å². The van der Waals surface area contributed by atoms with Gasteiger partial charge in [0.15, 0.2) is 11.5 Å². The number of nitrogens with zero attached hydrogens (tertiary/aromatic N) is 2. The molecule has 2 rings (SSSR count). The average Bonchev–Trinajstić information content (AvgIpc) is 2.63. The van der Waals surface area contributed by atoms with Crippen LogP contribution in [0.25, 0.3) is 0 Å². The largest absolute Gasteiger partial charge is 0.493 e. The number of ether oxygens (including phenoxy) is 2. The molecule has 1 aromatic rings. The van der Waals surface area contributed by atoms with E-state index in [0.717, 1.165) is 24.0 Å². The van der Waals surface area contributed by atoms with E-state index in [1.54, 1.807) is 26.2 Å². The van der Waals surface area contributed by atoms with Crippen molar-refractivity contribution in [1.29, 1.82) is 0 Å². The molecule has 2 amide bonds. The number of carbonyl (C=O) groups is 2. The number of likely N-dealkylation sites (N-methyl/N-ethyl adjacent to an activating group) is 1. The Bertz CT molecular complexity index is 703. The Balaban J connectivity index is 1.88. The number of carboxylic acids is 1. The molecule has 8 nitrogen and oxygen atoms in total. The van der Waals surface area contributed by atoms with Gasteiger partial charge in [0, 0.05) is 25.7 Å². The van der Waals surface area contributed by atoms with Crippen LogP contribution in [0.15, 0.2) is 12.1 Å². The lowest BCUT2D eigenvalue weighted by atomic mass is 9.85. The summed E-state index contributed by atoms with van der Waals surface area (Å²) >= 11 is 0. The van der Waals surface area contributed by atoms with Gasteiger partial charge in [-0.1, -0.05) is 6.92 Å². The second kappa shape index (κ2) is 9.64. The highest BCUT2D eigenvalue weighted by Crippen LogP contribution is 2.31. The van der Waals surface area contributed by atoms with E-state index in [9.17, 15) is 9.59 Å². The van der Waals surface area contributed by atoms with Crippen molar-refractivity contribution in [3.63, 3.8) is 0 Å². The fourth-order valence-electron chi connectivity index (χ4n) is 3.48. The minimum absolute atomic E-state index is 0.0420. The third kappa shape index (κ3) is 5.28. The smallest absolute Gasteiger partial charge is 0.317 e. The van der Waals surface area contributed by atoms with E-state index in [1.807, 2.05) is 30.9 Å². The SMILES string of the molecule is CCN(CC(=O)O)C1CC(NC(=O)N(C)Cc2cc(OC)c(OC)cc2C)C1. The van der Waals surface area contributed by atoms with Crippen LogP contribution in [0.5, 0.6) is 11.5 Å². The van der Waals surface area contributed by atoms with Gasteiger partial charge in [0.1, 0.15) is 0 Å². The summed E-state index contributed by atoms with van der Waals surface area (Å²) in [7, 11) is 4.94. The minimum atomic E-state index is -0.820. The first kappa shape index (κ1) is 21.8. The van der Waals surface area contributed by atoms with Gasteiger partial charge in [0.2, 0.25) is 0 Å². The molecule has 0 unspecified atom stereocenters. The molecule has 1 saturated carbocycles. The average molecular weight is 393 g/mol.